The number of carbonyl (C=O) groups is 5. The first-order chi connectivity index (χ1) is 71.0. The van der Waals surface area contributed by atoms with E-state index in [0.717, 1.165) is 69.8 Å². The molecule has 3 saturated heterocycles. The van der Waals surface area contributed by atoms with Crippen LogP contribution in [0.15, 0.2) is 76.2 Å². The van der Waals surface area contributed by atoms with Crippen molar-refractivity contribution >= 4 is 215 Å². The lowest BCUT2D eigenvalue weighted by molar-refractivity contribution is -0.109. The maximum atomic E-state index is 13.1. The van der Waals surface area contributed by atoms with Crippen molar-refractivity contribution in [2.75, 3.05) is 257 Å². The fourth-order valence-electron chi connectivity index (χ4n) is 13.7. The Labute approximate surface area is 898 Å². The predicted molar refractivity (Wildman–Crippen MR) is 586 cm³/mol. The quantitative estimate of drug-likeness (QED) is 0.00997. The molecule has 0 aromatic carbocycles. The molecule has 8 N–H and O–H groups in total. The predicted octanol–water partition coefficient (Wildman–Crippen LogP) is 10.3. The number of aromatic nitrogens is 15. The van der Waals surface area contributed by atoms with Crippen LogP contribution in [0.3, 0.4) is 0 Å². The lowest BCUT2D eigenvalue weighted by atomic mass is 10.0. The van der Waals surface area contributed by atoms with Gasteiger partial charge < -0.3 is 78.9 Å². The largest absolute Gasteiger partial charge is 0.407 e. The van der Waals surface area contributed by atoms with Gasteiger partial charge in [0.15, 0.2) is 60.7 Å². The zero-order valence-corrected chi connectivity index (χ0v) is 98.0. The van der Waals surface area contributed by atoms with Crippen molar-refractivity contribution in [3.8, 4) is 0 Å². The number of aromatic amines is 1. The van der Waals surface area contributed by atoms with Gasteiger partial charge in [-0.25, -0.2) is 71.1 Å². The van der Waals surface area contributed by atoms with Gasteiger partial charge in [0.25, 0.3) is 13.1 Å². The average molecular weight is 2340 g/mol. The number of fused-ring (bicyclic) bond motifs is 3. The summed E-state index contributed by atoms with van der Waals surface area (Å²) in [6.45, 7) is 16.5. The maximum Gasteiger partial charge on any atom is 0.407 e. The second-order valence-electron chi connectivity index (χ2n) is 33.3. The Kier molecular flexibility index (Phi) is 52.6. The minimum Gasteiger partial charge on any atom is -0.392 e. The lowest BCUT2D eigenvalue weighted by Crippen LogP contribution is -2.29. The fourth-order valence-corrected chi connectivity index (χ4v) is 24.8. The van der Waals surface area contributed by atoms with Gasteiger partial charge in [0, 0.05) is 147 Å². The Balaban J connectivity index is 0.000000229. The van der Waals surface area contributed by atoms with Crippen molar-refractivity contribution in [2.24, 2.45) is 5.92 Å². The number of hydrogen-bond donors (Lipinski definition) is 8. The summed E-state index contributed by atoms with van der Waals surface area (Å²) in [6.07, 6.45) is 6.94. The highest BCUT2D eigenvalue weighted by atomic mass is 32.2. The Morgan fingerprint density at radius 2 is 1.01 bits per heavy atom. The molecule has 4 aliphatic rings. The first-order valence-electron chi connectivity index (χ1n) is 46.4. The molecule has 66 heteroatoms. The molecule has 1 saturated carbocycles. The molecule has 8 aromatic rings. The molecular weight excluding hydrogens is 2200 g/mol. The normalized spacial score (nSPS) is 20.3. The third-order valence-corrected chi connectivity index (χ3v) is 37.7. The summed E-state index contributed by atoms with van der Waals surface area (Å²) in [7, 11) is 9.18. The number of ether oxygens (including phenoxy) is 5. The molecule has 3 aliphatic heterocycles. The number of aryl methyl sites for hydroxylation is 1. The Hall–Kier alpha value is -7.03. The van der Waals surface area contributed by atoms with Crippen LogP contribution < -0.4 is 48.8 Å². The van der Waals surface area contributed by atoms with E-state index in [1.54, 1.807) is 142 Å². The Morgan fingerprint density at radius 3 is 1.49 bits per heavy atom. The molecule has 0 amide bonds. The summed E-state index contributed by atoms with van der Waals surface area (Å²) in [5.74, 6) is 5.70. The van der Waals surface area contributed by atoms with Crippen LogP contribution in [0.25, 0.3) is 33.4 Å². The summed E-state index contributed by atoms with van der Waals surface area (Å²) in [6, 6.07) is 3.22. The molecule has 12 rings (SSSR count). The average Bonchev–Trinajstić information content (AvgIpc) is 1.59. The van der Waals surface area contributed by atoms with Gasteiger partial charge in [0.05, 0.1) is 102 Å². The fraction of sp³-hybridized carbons (Fsp3) is 0.631. The van der Waals surface area contributed by atoms with Gasteiger partial charge in [-0.3, -0.25) is 83.6 Å². The molecule has 8 aromatic heterocycles. The Morgan fingerprint density at radius 1 is 0.520 bits per heavy atom. The van der Waals surface area contributed by atoms with Gasteiger partial charge in [-0.15, -0.1) is 23.5 Å². The Bertz CT molecular complexity index is 6260. The highest BCUT2D eigenvalue weighted by molar-refractivity contribution is 8.14. The van der Waals surface area contributed by atoms with Crippen LogP contribution >= 0.6 is 121 Å². The number of nitrogens with one attached hydrogen (secondary N) is 7. The second-order valence-corrected chi connectivity index (χ2v) is 53.7. The summed E-state index contributed by atoms with van der Waals surface area (Å²) in [5, 5.41) is 28.9. The van der Waals surface area contributed by atoms with Crippen molar-refractivity contribution in [3.63, 3.8) is 0 Å². The van der Waals surface area contributed by atoms with Crippen molar-refractivity contribution in [1.82, 2.24) is 96.0 Å². The molecule has 0 bridgehead atoms. The van der Waals surface area contributed by atoms with E-state index in [4.69, 9.17) is 64.4 Å². The molecule has 150 heavy (non-hydrogen) atoms. The molecule has 4 fully saturated rings. The number of rotatable bonds is 52. The van der Waals surface area contributed by atoms with Gasteiger partial charge >= 0.3 is 42.4 Å². The van der Waals surface area contributed by atoms with Crippen molar-refractivity contribution in [1.29, 1.82) is 0 Å². The van der Waals surface area contributed by atoms with Crippen LogP contribution in [-0.2, 0) is 118 Å². The number of aliphatic hydroxyl groups excluding tert-OH is 1. The molecule has 15 atom stereocenters. The molecular formula is C84H137N26O28P5S7. The van der Waals surface area contributed by atoms with Crippen LogP contribution in [0.5, 0.6) is 0 Å². The molecule has 0 radical (unpaired) electrons. The van der Waals surface area contributed by atoms with Gasteiger partial charge in [0.2, 0.25) is 11.9 Å². The van der Waals surface area contributed by atoms with E-state index < -0.39 is 97.8 Å². The standard InChI is InChI=1S/C19H29N6O6PS.C18H29N6O6PS.C16H27N6O4PS.C16H27N4O6PS2.C15H25N4O6PS2/c1-11-13(9-31-32(29,24(4)5)30-6-7-33-12(2)26)15(27)8-14(11)25-10-21-16-17(25)22-19(20-3)23-18(16)28;1-12(25)32-9-8-28-31(26,23(4)5)29-11-15-27-10-14(30-15)24-7-6-13-16(19-2)21-18(20-3)22-17(13)24;1-12(8-22-10-20-14-15(17-3)18-9-19-16(14)22)25-11-27(24,21(4)5)26-6-7-28-13(2)23;1-11-8-20(16(22)18-15(11)17-3)13-10-29-14(26-13)9-25-27(23,19(4)5)24-6-7-28-12(2)21;1-11(20)27-8-7-23-26(22,18(3)4)24-9-14-25-13(10-28-14)19-6-5-12(16-2)17-15(19)21/h10,13-15,27H,1,6-9H2,2-5H3,(H2,20,22,23,28);6-7,14-15H,8-11H2,1-5H3,(H2,19,20,21,22);9-10,12H,6-8,11H2,1-5H3,(H,17,18,19);8,13-14H,6-7,9-10H2,1-5H3,(H,17,18,22);5-6,13-14H,7-10H2,1-4H3,(H,16,17,21)/t13-,14-,15-,32?;14-,15-,31?;;13-,14+,27?;13-,14+,26?/m01.00/s1. The smallest absolute Gasteiger partial charge is 0.392 e. The van der Waals surface area contributed by atoms with Crippen LogP contribution in [0.4, 0.5) is 35.2 Å². The van der Waals surface area contributed by atoms with E-state index in [9.17, 15) is 66.3 Å². The van der Waals surface area contributed by atoms with Crippen LogP contribution in [0.1, 0.15) is 78.3 Å². The molecule has 838 valence electrons. The van der Waals surface area contributed by atoms with Crippen LogP contribution in [-0.4, -0.2) is 382 Å². The van der Waals surface area contributed by atoms with Crippen molar-refractivity contribution in [3.05, 3.63) is 98.7 Å². The second kappa shape index (κ2) is 61.6. The first-order valence-corrected chi connectivity index (χ1v) is 61.2. The summed E-state index contributed by atoms with van der Waals surface area (Å²) in [5.41, 5.74) is 2.10. The summed E-state index contributed by atoms with van der Waals surface area (Å²) >= 11 is 8.43. The molecule has 11 heterocycles. The minimum atomic E-state index is -3.62. The third-order valence-electron chi connectivity index (χ3n) is 21.4. The monoisotopic (exact) mass is 2340 g/mol. The first kappa shape index (κ1) is 128. The van der Waals surface area contributed by atoms with Crippen LogP contribution in [0.2, 0.25) is 0 Å². The van der Waals surface area contributed by atoms with E-state index in [1.165, 1.54) is 103 Å². The topological polar surface area (TPSA) is 616 Å². The maximum absolute atomic E-state index is 13.1. The van der Waals surface area contributed by atoms with Crippen LogP contribution in [0, 0.1) is 12.8 Å². The number of thioether (sulfide) groups is 7. The van der Waals surface area contributed by atoms with Gasteiger partial charge in [-0.2, -0.15) is 24.9 Å². The highest BCUT2D eigenvalue weighted by Crippen LogP contribution is 2.56. The number of aliphatic hydroxyl groups is 1. The minimum absolute atomic E-state index is 0.00551. The van der Waals surface area contributed by atoms with E-state index >= 15 is 0 Å². The third kappa shape index (κ3) is 37.9. The van der Waals surface area contributed by atoms with Gasteiger partial charge in [-0.1, -0.05) is 65.4 Å². The zero-order valence-electron chi connectivity index (χ0n) is 87.8. The molecule has 6 unspecified atom stereocenters. The molecule has 1 aliphatic carbocycles. The number of anilines is 6. The molecule has 54 nitrogen and oxygen atoms in total. The summed E-state index contributed by atoms with van der Waals surface area (Å²) in [4.78, 5) is 132. The van der Waals surface area contributed by atoms with Gasteiger partial charge in [-0.05, 0) is 108 Å². The number of imidazole rings is 2. The SMILES string of the molecule is C=C1[C@H](COP(=O)(OCCSC(C)=O)N(C)C)[C@@H](O)C[C@@H]1n1cnc2c(=O)[nH]c(NC)nc21.CNc1ccn([C@@H]2CS[C@H](COP(=O)(OCCSC(C)=O)N(C)C)O2)c(=O)n1.CNc1nc(=O)n([C@@H]2CS[C@H](COP(=O)(OCCSC(C)=O)N(C)C)O2)cc1C.CNc1nc(NC)c2ccn([C@H]3CO[C@@H](COP(=O)(OCCSC(C)=O)N(C)C)O3)c2n1.CNc1ncnc2c1ncn2CC(C)OCP(=O)(OCCSC(C)=O)N(C)C. The van der Waals surface area contributed by atoms with Crippen molar-refractivity contribution in [2.45, 2.75) is 116 Å². The van der Waals surface area contributed by atoms with Gasteiger partial charge in [0.1, 0.15) is 71.2 Å². The number of hydrogen-bond acceptors (Lipinski definition) is 50. The van der Waals surface area contributed by atoms with E-state index in [2.05, 4.69) is 88.3 Å². The lowest BCUT2D eigenvalue weighted by Gasteiger charge is -2.26. The number of carbonyl (C=O) groups excluding carboxylic acids is 5. The molecule has 0 spiro atoms. The van der Waals surface area contributed by atoms with E-state index in [0.29, 0.717) is 116 Å². The van der Waals surface area contributed by atoms with E-state index in [1.807, 2.05) is 35.2 Å². The zero-order chi connectivity index (χ0) is 111. The van der Waals surface area contributed by atoms with E-state index in [-0.39, 0.29) is 121 Å². The number of nitrogens with zero attached hydrogens (tertiary/aromatic N) is 19. The van der Waals surface area contributed by atoms with Crippen molar-refractivity contribution < 1.29 is 116 Å². The highest BCUT2D eigenvalue weighted by Gasteiger charge is 2.43. The number of H-pyrrole nitrogens is 1. The summed E-state index contributed by atoms with van der Waals surface area (Å²) < 4.78 is 159.